The molecule has 2 rings (SSSR count). The van der Waals surface area contributed by atoms with Crippen molar-refractivity contribution in [1.29, 1.82) is 0 Å². The summed E-state index contributed by atoms with van der Waals surface area (Å²) < 4.78 is 3.73. The number of imidazole rings is 1. The average molecular weight is 276 g/mol. The van der Waals surface area contributed by atoms with Crippen LogP contribution >= 0.6 is 0 Å². The monoisotopic (exact) mass is 276 g/mol. The minimum atomic E-state index is 0.0444. The van der Waals surface area contributed by atoms with E-state index >= 15 is 0 Å². The van der Waals surface area contributed by atoms with Crippen molar-refractivity contribution in [2.24, 2.45) is 7.05 Å². The fraction of sp³-hybridized carbons (Fsp3) is 0.538. The molecular formula is C13H20N6O. The molecule has 20 heavy (non-hydrogen) atoms. The standard InChI is InChI=1S/C13H20N6O/c1-3-11-14-7-9-19(11)8-5-13(20)15-6-4-12-16-10-17-18(12)2/h7,9-10H,3-6,8H2,1-2H3,(H,15,20). The molecule has 108 valence electrons. The molecule has 2 aromatic rings. The first kappa shape index (κ1) is 14.2. The van der Waals surface area contributed by atoms with Crippen molar-refractivity contribution < 1.29 is 4.79 Å². The number of nitrogens with one attached hydrogen (secondary N) is 1. The maximum absolute atomic E-state index is 11.8. The number of aromatic nitrogens is 5. The summed E-state index contributed by atoms with van der Waals surface area (Å²) in [5, 5.41) is 6.88. The van der Waals surface area contributed by atoms with Gasteiger partial charge in [-0.05, 0) is 0 Å². The molecule has 0 fully saturated rings. The SMILES string of the molecule is CCc1nccn1CCC(=O)NCCc1ncnn1C. The van der Waals surface area contributed by atoms with Gasteiger partial charge in [-0.1, -0.05) is 6.92 Å². The van der Waals surface area contributed by atoms with E-state index in [1.54, 1.807) is 10.9 Å². The van der Waals surface area contributed by atoms with Crippen LogP contribution in [0.4, 0.5) is 0 Å². The molecule has 0 aromatic carbocycles. The van der Waals surface area contributed by atoms with Gasteiger partial charge >= 0.3 is 0 Å². The number of nitrogens with zero attached hydrogens (tertiary/aromatic N) is 5. The highest BCUT2D eigenvalue weighted by Crippen LogP contribution is 2.00. The Morgan fingerprint density at radius 1 is 1.35 bits per heavy atom. The predicted octanol–water partition coefficient (Wildman–Crippen LogP) is 0.323. The van der Waals surface area contributed by atoms with Gasteiger partial charge in [0.15, 0.2) is 0 Å². The van der Waals surface area contributed by atoms with E-state index in [-0.39, 0.29) is 5.91 Å². The minimum Gasteiger partial charge on any atom is -0.356 e. The molecule has 2 heterocycles. The summed E-state index contributed by atoms with van der Waals surface area (Å²) >= 11 is 0. The molecule has 7 nitrogen and oxygen atoms in total. The maximum Gasteiger partial charge on any atom is 0.221 e. The summed E-state index contributed by atoms with van der Waals surface area (Å²) in [4.78, 5) is 20.1. The molecule has 0 aliphatic rings. The van der Waals surface area contributed by atoms with Crippen molar-refractivity contribution in [3.05, 3.63) is 30.4 Å². The molecule has 0 unspecified atom stereocenters. The fourth-order valence-corrected chi connectivity index (χ4v) is 2.03. The van der Waals surface area contributed by atoms with E-state index in [4.69, 9.17) is 0 Å². The lowest BCUT2D eigenvalue weighted by Gasteiger charge is -2.07. The molecule has 0 spiro atoms. The molecular weight excluding hydrogens is 256 g/mol. The third-order valence-electron chi connectivity index (χ3n) is 3.17. The highest BCUT2D eigenvalue weighted by molar-refractivity contribution is 5.75. The zero-order chi connectivity index (χ0) is 14.4. The van der Waals surface area contributed by atoms with Gasteiger partial charge in [-0.3, -0.25) is 9.48 Å². The van der Waals surface area contributed by atoms with Crippen LogP contribution in [-0.2, 0) is 31.2 Å². The molecule has 2 aromatic heterocycles. The zero-order valence-corrected chi connectivity index (χ0v) is 11.9. The van der Waals surface area contributed by atoms with Crippen LogP contribution in [0.2, 0.25) is 0 Å². The molecule has 0 aliphatic carbocycles. The quantitative estimate of drug-likeness (QED) is 0.790. The molecule has 0 aliphatic heterocycles. The molecule has 1 amide bonds. The summed E-state index contributed by atoms with van der Waals surface area (Å²) in [5.41, 5.74) is 0. The smallest absolute Gasteiger partial charge is 0.221 e. The van der Waals surface area contributed by atoms with Crippen LogP contribution in [0.1, 0.15) is 25.0 Å². The Labute approximate surface area is 118 Å². The van der Waals surface area contributed by atoms with Gasteiger partial charge in [0.05, 0.1) is 0 Å². The molecule has 1 N–H and O–H groups in total. The number of carbonyl (C=O) groups is 1. The van der Waals surface area contributed by atoms with Gasteiger partial charge in [0.2, 0.25) is 5.91 Å². The summed E-state index contributed by atoms with van der Waals surface area (Å²) in [6.45, 7) is 3.30. The van der Waals surface area contributed by atoms with E-state index in [0.717, 1.165) is 18.1 Å². The van der Waals surface area contributed by atoms with Gasteiger partial charge in [0, 0.05) is 51.8 Å². The molecule has 0 bridgehead atoms. The Balaban J connectivity index is 1.69. The molecule has 0 radical (unpaired) electrons. The number of amides is 1. The number of carbonyl (C=O) groups excluding carboxylic acids is 1. The minimum absolute atomic E-state index is 0.0444. The van der Waals surface area contributed by atoms with Crippen molar-refractivity contribution in [3.63, 3.8) is 0 Å². The zero-order valence-electron chi connectivity index (χ0n) is 11.9. The van der Waals surface area contributed by atoms with Gasteiger partial charge in [0.1, 0.15) is 18.0 Å². The fourth-order valence-electron chi connectivity index (χ4n) is 2.03. The normalized spacial score (nSPS) is 10.7. The summed E-state index contributed by atoms with van der Waals surface area (Å²) in [7, 11) is 1.84. The van der Waals surface area contributed by atoms with E-state index in [0.29, 0.717) is 25.9 Å². The van der Waals surface area contributed by atoms with E-state index in [9.17, 15) is 4.79 Å². The Kier molecular flexibility index (Phi) is 4.86. The van der Waals surface area contributed by atoms with Crippen molar-refractivity contribution >= 4 is 5.91 Å². The molecule has 0 atom stereocenters. The Bertz CT molecular complexity index is 559. The van der Waals surface area contributed by atoms with Crippen LogP contribution in [0.5, 0.6) is 0 Å². The molecule has 7 heteroatoms. The first-order valence-electron chi connectivity index (χ1n) is 6.80. The van der Waals surface area contributed by atoms with Crippen LogP contribution in [0.25, 0.3) is 0 Å². The van der Waals surface area contributed by atoms with Crippen molar-refractivity contribution in [2.45, 2.75) is 32.7 Å². The van der Waals surface area contributed by atoms with Crippen LogP contribution < -0.4 is 5.32 Å². The lowest BCUT2D eigenvalue weighted by atomic mass is 10.3. The number of rotatable bonds is 7. The third-order valence-corrected chi connectivity index (χ3v) is 3.17. The van der Waals surface area contributed by atoms with E-state index in [2.05, 4.69) is 27.3 Å². The van der Waals surface area contributed by atoms with E-state index in [1.165, 1.54) is 6.33 Å². The van der Waals surface area contributed by atoms with Crippen LogP contribution in [0, 0.1) is 0 Å². The van der Waals surface area contributed by atoms with Gasteiger partial charge < -0.3 is 9.88 Å². The number of hydrogen-bond acceptors (Lipinski definition) is 4. The van der Waals surface area contributed by atoms with E-state index < -0.39 is 0 Å². The maximum atomic E-state index is 11.8. The second kappa shape index (κ2) is 6.83. The van der Waals surface area contributed by atoms with Crippen LogP contribution in [-0.4, -0.2) is 36.8 Å². The third kappa shape index (κ3) is 3.66. The summed E-state index contributed by atoms with van der Waals surface area (Å²) in [5.74, 6) is 1.92. The van der Waals surface area contributed by atoms with Crippen LogP contribution in [0.3, 0.4) is 0 Å². The average Bonchev–Trinajstić information content (AvgIpc) is 3.05. The predicted molar refractivity (Wildman–Crippen MR) is 73.9 cm³/mol. The second-order valence-electron chi connectivity index (χ2n) is 4.54. The highest BCUT2D eigenvalue weighted by Gasteiger charge is 2.05. The van der Waals surface area contributed by atoms with Gasteiger partial charge in [-0.25, -0.2) is 9.97 Å². The Hall–Kier alpha value is -2.18. The van der Waals surface area contributed by atoms with E-state index in [1.807, 2.05) is 17.8 Å². The Morgan fingerprint density at radius 3 is 2.90 bits per heavy atom. The number of hydrogen-bond donors (Lipinski definition) is 1. The van der Waals surface area contributed by atoms with Gasteiger partial charge in [-0.15, -0.1) is 0 Å². The highest BCUT2D eigenvalue weighted by atomic mass is 16.1. The van der Waals surface area contributed by atoms with Crippen molar-refractivity contribution in [2.75, 3.05) is 6.54 Å². The van der Waals surface area contributed by atoms with Crippen molar-refractivity contribution in [1.82, 2.24) is 29.6 Å². The number of aryl methyl sites for hydroxylation is 3. The van der Waals surface area contributed by atoms with Crippen LogP contribution in [0.15, 0.2) is 18.7 Å². The van der Waals surface area contributed by atoms with Gasteiger partial charge in [0.25, 0.3) is 0 Å². The first-order chi connectivity index (χ1) is 9.70. The van der Waals surface area contributed by atoms with Crippen molar-refractivity contribution in [3.8, 4) is 0 Å². The summed E-state index contributed by atoms with van der Waals surface area (Å²) in [6, 6.07) is 0. The second-order valence-corrected chi connectivity index (χ2v) is 4.54. The summed E-state index contributed by atoms with van der Waals surface area (Å²) in [6.07, 6.45) is 7.22. The molecule has 0 saturated carbocycles. The first-order valence-corrected chi connectivity index (χ1v) is 6.80. The topological polar surface area (TPSA) is 77.6 Å². The lowest BCUT2D eigenvalue weighted by Crippen LogP contribution is -2.27. The van der Waals surface area contributed by atoms with Gasteiger partial charge in [-0.2, -0.15) is 5.10 Å². The molecule has 0 saturated heterocycles. The lowest BCUT2D eigenvalue weighted by molar-refractivity contribution is -0.121. The Morgan fingerprint density at radius 2 is 2.20 bits per heavy atom. The largest absolute Gasteiger partial charge is 0.356 e.